The van der Waals surface area contributed by atoms with E-state index in [1.54, 1.807) is 6.20 Å². The van der Waals surface area contributed by atoms with E-state index in [-0.39, 0.29) is 32.2 Å². The summed E-state index contributed by atoms with van der Waals surface area (Å²) >= 11 is 0. The predicted molar refractivity (Wildman–Crippen MR) is 138 cm³/mol. The Labute approximate surface area is 223 Å². The standard InChI is InChI=1S/C25H33N7O7/c26-15(7-8-20(27)33)22(35)30-17(11-21(28)34)24(37)32-9-3-6-19(32)23(36)31-18(25(38)39)10-13-12-29-16-5-2-1-4-14(13)16/h1-2,4-5,12,15,17-19,29H,3,6-11,26H2,(H2,27,33)(H2,28,34)(H,30,35)(H,31,36)(H,38,39). The Morgan fingerprint density at radius 3 is 2.44 bits per heavy atom. The predicted octanol–water partition coefficient (Wildman–Crippen LogP) is -1.78. The molecule has 1 fully saturated rings. The number of likely N-dealkylation sites (tertiary alicyclic amines) is 1. The van der Waals surface area contributed by atoms with Crippen molar-refractivity contribution < 1.29 is 33.9 Å². The molecule has 14 nitrogen and oxygen atoms in total. The van der Waals surface area contributed by atoms with E-state index < -0.39 is 66.1 Å². The summed E-state index contributed by atoms with van der Waals surface area (Å²) < 4.78 is 0. The smallest absolute Gasteiger partial charge is 0.326 e. The van der Waals surface area contributed by atoms with E-state index in [0.29, 0.717) is 12.0 Å². The monoisotopic (exact) mass is 543 g/mol. The van der Waals surface area contributed by atoms with Crippen molar-refractivity contribution in [2.75, 3.05) is 6.54 Å². The van der Waals surface area contributed by atoms with E-state index in [4.69, 9.17) is 17.2 Å². The molecule has 1 aliphatic heterocycles. The molecule has 0 saturated carbocycles. The fourth-order valence-electron chi connectivity index (χ4n) is 4.60. The van der Waals surface area contributed by atoms with Crippen molar-refractivity contribution in [1.29, 1.82) is 0 Å². The Morgan fingerprint density at radius 1 is 1.05 bits per heavy atom. The topological polar surface area (TPSA) is 244 Å². The maximum Gasteiger partial charge on any atom is 0.326 e. The highest BCUT2D eigenvalue weighted by atomic mass is 16.4. The van der Waals surface area contributed by atoms with Crippen molar-refractivity contribution in [3.8, 4) is 0 Å². The van der Waals surface area contributed by atoms with Gasteiger partial charge in [0.2, 0.25) is 29.5 Å². The molecular formula is C25H33N7O7. The molecule has 14 heteroatoms. The van der Waals surface area contributed by atoms with E-state index in [2.05, 4.69) is 15.6 Å². The van der Waals surface area contributed by atoms with Gasteiger partial charge in [-0.1, -0.05) is 18.2 Å². The van der Waals surface area contributed by atoms with E-state index in [9.17, 15) is 33.9 Å². The highest BCUT2D eigenvalue weighted by Gasteiger charge is 2.39. The van der Waals surface area contributed by atoms with Crippen LogP contribution in [-0.4, -0.2) is 81.2 Å². The maximum atomic E-state index is 13.3. The average Bonchev–Trinajstić information content (AvgIpc) is 3.53. The molecule has 39 heavy (non-hydrogen) atoms. The summed E-state index contributed by atoms with van der Waals surface area (Å²) in [6.45, 7) is 0.149. The molecule has 0 bridgehead atoms. The minimum Gasteiger partial charge on any atom is -0.480 e. The van der Waals surface area contributed by atoms with Gasteiger partial charge in [-0.2, -0.15) is 0 Å². The van der Waals surface area contributed by atoms with E-state index in [0.717, 1.165) is 10.9 Å². The van der Waals surface area contributed by atoms with Crippen LogP contribution in [0.4, 0.5) is 0 Å². The molecule has 0 spiro atoms. The molecule has 0 radical (unpaired) electrons. The summed E-state index contributed by atoms with van der Waals surface area (Å²) in [5, 5.41) is 15.5. The van der Waals surface area contributed by atoms with Gasteiger partial charge in [-0.3, -0.25) is 24.0 Å². The highest BCUT2D eigenvalue weighted by Crippen LogP contribution is 2.22. The summed E-state index contributed by atoms with van der Waals surface area (Å²) in [5.41, 5.74) is 17.6. The fourth-order valence-corrected chi connectivity index (χ4v) is 4.60. The number of nitrogens with two attached hydrogens (primary N) is 3. The number of hydrogen-bond acceptors (Lipinski definition) is 7. The van der Waals surface area contributed by atoms with E-state index >= 15 is 0 Å². The van der Waals surface area contributed by atoms with Crippen molar-refractivity contribution in [2.45, 2.75) is 62.7 Å². The van der Waals surface area contributed by atoms with Crippen LogP contribution in [0.25, 0.3) is 10.9 Å². The Hall–Kier alpha value is -4.46. The van der Waals surface area contributed by atoms with Crippen LogP contribution in [0.3, 0.4) is 0 Å². The van der Waals surface area contributed by atoms with E-state index in [1.165, 1.54) is 4.90 Å². The second-order valence-corrected chi connectivity index (χ2v) is 9.50. The van der Waals surface area contributed by atoms with Crippen molar-refractivity contribution >= 4 is 46.4 Å². The quantitative estimate of drug-likeness (QED) is 0.152. The number of fused-ring (bicyclic) bond motifs is 1. The summed E-state index contributed by atoms with van der Waals surface area (Å²) in [6, 6.07) is 2.50. The minimum atomic E-state index is -1.40. The van der Waals surface area contributed by atoms with Crippen molar-refractivity contribution in [3.05, 3.63) is 36.0 Å². The third-order valence-corrected chi connectivity index (χ3v) is 6.61. The Morgan fingerprint density at radius 2 is 1.77 bits per heavy atom. The minimum absolute atomic E-state index is 0.00923. The number of primary amides is 2. The van der Waals surface area contributed by atoms with Crippen molar-refractivity contribution in [1.82, 2.24) is 20.5 Å². The van der Waals surface area contributed by atoms with Crippen LogP contribution >= 0.6 is 0 Å². The molecular weight excluding hydrogens is 510 g/mol. The number of rotatable bonds is 13. The number of aromatic nitrogens is 1. The zero-order valence-corrected chi connectivity index (χ0v) is 21.2. The number of nitrogens with zero attached hydrogens (tertiary/aromatic N) is 1. The lowest BCUT2D eigenvalue weighted by Gasteiger charge is -2.29. The summed E-state index contributed by atoms with van der Waals surface area (Å²) in [6.07, 6.45) is 1.63. The van der Waals surface area contributed by atoms with Crippen LogP contribution in [-0.2, 0) is 35.2 Å². The van der Waals surface area contributed by atoms with Crippen LogP contribution in [0.2, 0.25) is 0 Å². The molecule has 0 aliphatic carbocycles. The number of para-hydroxylation sites is 1. The molecule has 1 aromatic heterocycles. The largest absolute Gasteiger partial charge is 0.480 e. The summed E-state index contributed by atoms with van der Waals surface area (Å²) in [4.78, 5) is 77.9. The first-order valence-electron chi connectivity index (χ1n) is 12.5. The molecule has 210 valence electrons. The Bertz CT molecular complexity index is 1260. The van der Waals surface area contributed by atoms with Crippen LogP contribution in [0, 0.1) is 0 Å². The first-order chi connectivity index (χ1) is 18.5. The van der Waals surface area contributed by atoms with Crippen LogP contribution in [0.15, 0.2) is 30.5 Å². The highest BCUT2D eigenvalue weighted by molar-refractivity contribution is 5.96. The molecule has 1 saturated heterocycles. The number of amides is 5. The zero-order valence-electron chi connectivity index (χ0n) is 21.2. The van der Waals surface area contributed by atoms with Gasteiger partial charge in [0.15, 0.2) is 0 Å². The summed E-state index contributed by atoms with van der Waals surface area (Å²) in [5.74, 6) is -4.96. The van der Waals surface area contributed by atoms with Gasteiger partial charge >= 0.3 is 5.97 Å². The number of aromatic amines is 1. The van der Waals surface area contributed by atoms with Gasteiger partial charge < -0.3 is 42.8 Å². The number of carboxylic acid groups (broad SMARTS) is 1. The Kier molecular flexibility index (Phi) is 9.60. The number of aliphatic carboxylic acids is 1. The van der Waals surface area contributed by atoms with E-state index in [1.807, 2.05) is 24.3 Å². The van der Waals surface area contributed by atoms with Gasteiger partial charge in [-0.05, 0) is 30.9 Å². The molecule has 2 heterocycles. The second kappa shape index (κ2) is 12.9. The Balaban J connectivity index is 1.71. The SMILES string of the molecule is NC(=O)CCC(N)C(=O)NC(CC(N)=O)C(=O)N1CCCC1C(=O)NC(Cc1c[nH]c2ccccc12)C(=O)O. The first kappa shape index (κ1) is 29.1. The normalized spacial score (nSPS) is 17.3. The lowest BCUT2D eigenvalue weighted by Crippen LogP contribution is -2.57. The van der Waals surface area contributed by atoms with Crippen LogP contribution in [0.5, 0.6) is 0 Å². The fraction of sp³-hybridized carbons (Fsp3) is 0.440. The molecule has 1 aromatic carbocycles. The number of benzene rings is 1. The first-order valence-corrected chi connectivity index (χ1v) is 12.5. The molecule has 10 N–H and O–H groups in total. The number of carbonyl (C=O) groups is 6. The zero-order chi connectivity index (χ0) is 28.7. The molecule has 2 aromatic rings. The number of nitrogens with one attached hydrogen (secondary N) is 3. The molecule has 5 amide bonds. The molecule has 4 atom stereocenters. The molecule has 3 rings (SSSR count). The van der Waals surface area contributed by atoms with Gasteiger partial charge in [-0.25, -0.2) is 4.79 Å². The summed E-state index contributed by atoms with van der Waals surface area (Å²) in [7, 11) is 0. The van der Waals surface area contributed by atoms with Crippen LogP contribution < -0.4 is 27.8 Å². The third-order valence-electron chi connectivity index (χ3n) is 6.61. The van der Waals surface area contributed by atoms with Gasteiger partial charge in [0.1, 0.15) is 18.1 Å². The number of H-pyrrole nitrogens is 1. The molecule has 4 unspecified atom stereocenters. The van der Waals surface area contributed by atoms with Crippen LogP contribution in [0.1, 0.15) is 37.7 Å². The van der Waals surface area contributed by atoms with Gasteiger partial charge in [0, 0.05) is 36.5 Å². The van der Waals surface area contributed by atoms with Gasteiger partial charge in [0.05, 0.1) is 12.5 Å². The number of carboxylic acids is 1. The lowest BCUT2D eigenvalue weighted by atomic mass is 10.0. The van der Waals surface area contributed by atoms with Gasteiger partial charge in [-0.15, -0.1) is 0 Å². The van der Waals surface area contributed by atoms with Crippen molar-refractivity contribution in [3.63, 3.8) is 0 Å². The number of carbonyl (C=O) groups excluding carboxylic acids is 5. The van der Waals surface area contributed by atoms with Crippen molar-refractivity contribution in [2.24, 2.45) is 17.2 Å². The lowest BCUT2D eigenvalue weighted by molar-refractivity contribution is -0.145. The second-order valence-electron chi connectivity index (χ2n) is 9.50. The third kappa shape index (κ3) is 7.54. The average molecular weight is 544 g/mol. The maximum absolute atomic E-state index is 13.3. The van der Waals surface area contributed by atoms with Gasteiger partial charge in [0.25, 0.3) is 0 Å². The number of hydrogen-bond donors (Lipinski definition) is 7. The molecule has 1 aliphatic rings.